The van der Waals surface area contributed by atoms with Crippen LogP contribution in [0.4, 0.5) is 26.4 Å². The molecule has 0 spiro atoms. The highest BCUT2D eigenvalue weighted by Gasteiger charge is 2.28. The maximum absolute atomic E-state index is 15.6. The molecule has 1 atom stereocenters. The summed E-state index contributed by atoms with van der Waals surface area (Å²) in [7, 11) is 0. The lowest BCUT2D eigenvalue weighted by molar-refractivity contribution is -0.120. The summed E-state index contributed by atoms with van der Waals surface area (Å²) in [6.07, 6.45) is 5.91. The summed E-state index contributed by atoms with van der Waals surface area (Å²) in [6.45, 7) is 14.7. The van der Waals surface area contributed by atoms with E-state index in [-0.39, 0.29) is 17.8 Å². The molecule has 7 heterocycles. The molecule has 4 amide bonds. The Morgan fingerprint density at radius 2 is 1.63 bits per heavy atom. The van der Waals surface area contributed by atoms with Crippen LogP contribution in [0.15, 0.2) is 77.7 Å². The molecule has 0 aliphatic carbocycles. The lowest BCUT2D eigenvalue weighted by Crippen LogP contribution is -2.49. The molecule has 0 unspecified atom stereocenters. The number of aromatic nitrogens is 6. The fourth-order valence-corrected chi connectivity index (χ4v) is 8.60. The van der Waals surface area contributed by atoms with Gasteiger partial charge >= 0.3 is 6.03 Å². The summed E-state index contributed by atoms with van der Waals surface area (Å²) in [5.74, 6) is 0.561. The Morgan fingerprint density at radius 1 is 0.889 bits per heavy atom. The standard InChI is InChI=1S/C46H51FN12O4/c1-28(51-43(61)42-54-44(63-55-42)46(2,3)4)34-11-5-30(23-36(34)47)40-35-24-37(52-41(35)50-27-49-40)31-6-12-38(48-25-31)58-21-19-56(20-22-58)26-29-13-16-57(17-14-29)32-7-9-33(10-8-32)59-18-15-39(60)53-45(59)62/h5-12,23-25,27-29H,13-22,26H2,1-4H3,(H,51,61)(H,49,50,52)(H,53,60,62)/t28-/m1/s1. The minimum atomic E-state index is -0.659. The van der Waals surface area contributed by atoms with Gasteiger partial charge in [-0.05, 0) is 74.2 Å². The van der Waals surface area contributed by atoms with Crippen LogP contribution >= 0.6 is 0 Å². The number of imide groups is 1. The molecule has 326 valence electrons. The van der Waals surface area contributed by atoms with Crippen LogP contribution in [0, 0.1) is 11.7 Å². The van der Waals surface area contributed by atoms with Crippen molar-refractivity contribution in [3.8, 4) is 22.5 Å². The molecule has 0 saturated carbocycles. The van der Waals surface area contributed by atoms with E-state index in [4.69, 9.17) is 9.51 Å². The molecule has 6 aromatic rings. The van der Waals surface area contributed by atoms with Crippen molar-refractivity contribution < 1.29 is 23.3 Å². The Balaban J connectivity index is 0.768. The van der Waals surface area contributed by atoms with Gasteiger partial charge in [0.15, 0.2) is 0 Å². The number of H-pyrrole nitrogens is 1. The third-order valence-electron chi connectivity index (χ3n) is 12.3. The van der Waals surface area contributed by atoms with E-state index in [1.54, 1.807) is 24.0 Å². The third kappa shape index (κ3) is 8.96. The summed E-state index contributed by atoms with van der Waals surface area (Å²) in [6, 6.07) is 18.0. The molecule has 9 rings (SSSR count). The highest BCUT2D eigenvalue weighted by atomic mass is 19.1. The SMILES string of the molecule is C[C@@H](NC(=O)c1noc(C(C)(C)C)n1)c1ccc(-c2ncnc3[nH]c(-c4ccc(N5CCN(CC6CCN(c7ccc(N8CCC(=O)NC8=O)cc7)CC6)CC5)nc4)cc23)cc1F. The maximum Gasteiger partial charge on any atom is 0.328 e. The van der Waals surface area contributed by atoms with Crippen LogP contribution in [-0.4, -0.2) is 105 Å². The van der Waals surface area contributed by atoms with E-state index in [9.17, 15) is 14.4 Å². The highest BCUT2D eigenvalue weighted by Crippen LogP contribution is 2.33. The quantitative estimate of drug-likeness (QED) is 0.137. The summed E-state index contributed by atoms with van der Waals surface area (Å²) < 4.78 is 20.9. The fourth-order valence-electron chi connectivity index (χ4n) is 8.60. The van der Waals surface area contributed by atoms with Gasteiger partial charge in [0, 0.05) is 110 Å². The lowest BCUT2D eigenvalue weighted by Gasteiger charge is -2.39. The van der Waals surface area contributed by atoms with Gasteiger partial charge in [-0.15, -0.1) is 0 Å². The Bertz CT molecular complexity index is 2620. The molecule has 4 aromatic heterocycles. The Hall–Kier alpha value is -6.75. The van der Waals surface area contributed by atoms with Crippen LogP contribution in [0.5, 0.6) is 0 Å². The minimum Gasteiger partial charge on any atom is -0.372 e. The van der Waals surface area contributed by atoms with Gasteiger partial charge in [0.25, 0.3) is 11.7 Å². The third-order valence-corrected chi connectivity index (χ3v) is 12.3. The second-order valence-electron chi connectivity index (χ2n) is 17.7. The van der Waals surface area contributed by atoms with Gasteiger partial charge in [0.2, 0.25) is 11.8 Å². The average molecular weight is 855 g/mol. The number of halogens is 1. The smallest absolute Gasteiger partial charge is 0.328 e. The molecule has 16 nitrogen and oxygen atoms in total. The summed E-state index contributed by atoms with van der Waals surface area (Å²) >= 11 is 0. The molecule has 3 saturated heterocycles. The van der Waals surface area contributed by atoms with Gasteiger partial charge in [-0.1, -0.05) is 38.1 Å². The van der Waals surface area contributed by atoms with Crippen molar-refractivity contribution in [1.29, 1.82) is 0 Å². The Labute approximate surface area is 364 Å². The van der Waals surface area contributed by atoms with Crippen LogP contribution in [0.3, 0.4) is 0 Å². The largest absolute Gasteiger partial charge is 0.372 e. The maximum atomic E-state index is 15.6. The molecule has 3 fully saturated rings. The van der Waals surface area contributed by atoms with Gasteiger partial charge in [-0.25, -0.2) is 24.1 Å². The molecule has 0 radical (unpaired) electrons. The molecule has 3 aliphatic heterocycles. The highest BCUT2D eigenvalue weighted by molar-refractivity contribution is 6.05. The molecule has 3 N–H and O–H groups in total. The number of aromatic amines is 1. The number of hydrogen-bond donors (Lipinski definition) is 3. The zero-order valence-electron chi connectivity index (χ0n) is 35.9. The number of amides is 4. The van der Waals surface area contributed by atoms with Crippen molar-refractivity contribution in [3.05, 3.63) is 96.3 Å². The number of piperazine rings is 1. The zero-order valence-corrected chi connectivity index (χ0v) is 35.9. The molecule has 2 aromatic carbocycles. The Kier molecular flexibility index (Phi) is 11.4. The number of pyridine rings is 1. The second-order valence-corrected chi connectivity index (χ2v) is 17.7. The van der Waals surface area contributed by atoms with E-state index in [0.717, 1.165) is 92.5 Å². The van der Waals surface area contributed by atoms with E-state index in [2.05, 4.69) is 74.7 Å². The predicted octanol–water partition coefficient (Wildman–Crippen LogP) is 6.48. The van der Waals surface area contributed by atoms with E-state index in [1.807, 2.05) is 45.2 Å². The molecule has 3 aliphatic rings. The second kappa shape index (κ2) is 17.2. The summed E-state index contributed by atoms with van der Waals surface area (Å²) in [5, 5.41) is 9.70. The van der Waals surface area contributed by atoms with Gasteiger partial charge in [-0.3, -0.25) is 24.7 Å². The number of nitrogens with one attached hydrogen (secondary N) is 3. The van der Waals surface area contributed by atoms with Crippen molar-refractivity contribution in [3.63, 3.8) is 0 Å². The number of benzene rings is 2. The first kappa shape index (κ1) is 41.6. The number of carbonyl (C=O) groups is 3. The monoisotopic (exact) mass is 854 g/mol. The molecular formula is C46H51FN12O4. The minimum absolute atomic E-state index is 0.103. The first-order chi connectivity index (χ1) is 30.4. The first-order valence-corrected chi connectivity index (χ1v) is 21.5. The number of rotatable bonds is 10. The van der Waals surface area contributed by atoms with Crippen molar-refractivity contribution >= 4 is 46.1 Å². The fraction of sp³-hybridized carbons (Fsp3) is 0.391. The van der Waals surface area contributed by atoms with Crippen molar-refractivity contribution in [2.45, 2.75) is 58.4 Å². The topological polar surface area (TPSA) is 182 Å². The first-order valence-electron chi connectivity index (χ1n) is 21.5. The zero-order chi connectivity index (χ0) is 43.8. The molecule has 17 heteroatoms. The van der Waals surface area contributed by atoms with Crippen LogP contribution in [0.1, 0.15) is 75.1 Å². The molecule has 63 heavy (non-hydrogen) atoms. The number of nitrogens with zero attached hydrogens (tertiary/aromatic N) is 9. The number of fused-ring (bicyclic) bond motifs is 1. The summed E-state index contributed by atoms with van der Waals surface area (Å²) in [4.78, 5) is 67.0. The van der Waals surface area contributed by atoms with Gasteiger partial charge in [-0.2, -0.15) is 4.98 Å². The number of piperidine rings is 1. The number of hydrogen-bond acceptors (Lipinski definition) is 12. The van der Waals surface area contributed by atoms with Crippen LogP contribution in [0.2, 0.25) is 0 Å². The molecule has 0 bridgehead atoms. The van der Waals surface area contributed by atoms with Gasteiger partial charge < -0.3 is 24.6 Å². The number of anilines is 3. The van der Waals surface area contributed by atoms with Gasteiger partial charge in [0.1, 0.15) is 23.6 Å². The predicted molar refractivity (Wildman–Crippen MR) is 237 cm³/mol. The van der Waals surface area contributed by atoms with Crippen LogP contribution < -0.4 is 25.3 Å². The molecular weight excluding hydrogens is 804 g/mol. The van der Waals surface area contributed by atoms with Gasteiger partial charge in [0.05, 0.1) is 11.7 Å². The van der Waals surface area contributed by atoms with Crippen LogP contribution in [0.25, 0.3) is 33.5 Å². The normalized spacial score (nSPS) is 17.3. The van der Waals surface area contributed by atoms with Crippen molar-refractivity contribution in [1.82, 2.24) is 45.6 Å². The number of carbonyl (C=O) groups excluding carboxylic acids is 3. The van der Waals surface area contributed by atoms with E-state index in [1.165, 1.54) is 12.4 Å². The summed E-state index contributed by atoms with van der Waals surface area (Å²) in [5.41, 5.74) is 5.37. The number of urea groups is 1. The van der Waals surface area contributed by atoms with Crippen molar-refractivity contribution in [2.75, 3.05) is 67.1 Å². The van der Waals surface area contributed by atoms with Crippen LogP contribution in [-0.2, 0) is 10.2 Å². The Morgan fingerprint density at radius 3 is 2.32 bits per heavy atom. The van der Waals surface area contributed by atoms with E-state index in [0.29, 0.717) is 47.2 Å². The van der Waals surface area contributed by atoms with Crippen molar-refractivity contribution in [2.24, 2.45) is 5.92 Å². The van der Waals surface area contributed by atoms with E-state index < -0.39 is 23.2 Å². The average Bonchev–Trinajstić information content (AvgIpc) is 3.97. The lowest BCUT2D eigenvalue weighted by atomic mass is 9.95. The van der Waals surface area contributed by atoms with E-state index >= 15 is 4.39 Å².